The number of benzene rings is 1. The third-order valence-electron chi connectivity index (χ3n) is 6.86. The van der Waals surface area contributed by atoms with Crippen LogP contribution >= 0.6 is 0 Å². The average Bonchev–Trinajstić information content (AvgIpc) is 3.28. The minimum atomic E-state index is -0.618. The van der Waals surface area contributed by atoms with Gasteiger partial charge < -0.3 is 20.1 Å². The van der Waals surface area contributed by atoms with Crippen molar-refractivity contribution in [2.24, 2.45) is 12.8 Å². The normalized spacial score (nSPS) is 15.4. The summed E-state index contributed by atoms with van der Waals surface area (Å²) in [5, 5.41) is 9.09. The third-order valence-corrected chi connectivity index (χ3v) is 6.86. The van der Waals surface area contributed by atoms with E-state index in [-0.39, 0.29) is 23.8 Å². The van der Waals surface area contributed by atoms with Gasteiger partial charge in [0.15, 0.2) is 16.9 Å². The standard InChI is InChI=1S/C27H34N8O3/c1-18(2)11-14-34-23-24(30-26(34)33-13-7-8-19(29)16-33)32(4)27(38)35(25(23)37)17-22(36)20-9-5-6-10-21(20)31(3)15-12-28/h5-6,9-11,19H,7-8,13-17,29H2,1-4H3. The lowest BCUT2D eigenvalue weighted by Crippen LogP contribution is -2.44. The molecule has 200 valence electrons. The molecule has 0 bridgehead atoms. The number of aromatic nitrogens is 4. The number of para-hydroxylation sites is 1. The fourth-order valence-electron chi connectivity index (χ4n) is 4.84. The molecule has 0 saturated carbocycles. The van der Waals surface area contributed by atoms with Gasteiger partial charge in [-0.1, -0.05) is 23.8 Å². The van der Waals surface area contributed by atoms with Crippen LogP contribution in [0.4, 0.5) is 11.6 Å². The maximum atomic E-state index is 13.8. The number of hydrogen-bond acceptors (Lipinski definition) is 8. The second-order valence-electron chi connectivity index (χ2n) is 10.0. The van der Waals surface area contributed by atoms with Crippen LogP contribution in [0, 0.1) is 11.3 Å². The molecule has 2 aromatic heterocycles. The molecule has 3 aromatic rings. The molecular weight excluding hydrogens is 484 g/mol. The molecule has 0 spiro atoms. The summed E-state index contributed by atoms with van der Waals surface area (Å²) in [6, 6.07) is 8.92. The summed E-state index contributed by atoms with van der Waals surface area (Å²) >= 11 is 0. The van der Waals surface area contributed by atoms with Gasteiger partial charge in [0.25, 0.3) is 5.56 Å². The number of Topliss-reactive ketones (excluding diaryl/α,β-unsaturated/α-hetero) is 1. The van der Waals surface area contributed by atoms with Gasteiger partial charge in [-0.2, -0.15) is 10.2 Å². The van der Waals surface area contributed by atoms with Crippen LogP contribution in [0.1, 0.15) is 37.0 Å². The van der Waals surface area contributed by atoms with Gasteiger partial charge >= 0.3 is 5.69 Å². The molecule has 11 heteroatoms. The van der Waals surface area contributed by atoms with Crippen molar-refractivity contribution in [3.05, 3.63) is 62.3 Å². The lowest BCUT2D eigenvalue weighted by atomic mass is 10.1. The van der Waals surface area contributed by atoms with Crippen LogP contribution in [-0.4, -0.2) is 57.2 Å². The minimum absolute atomic E-state index is 0.00204. The molecule has 4 rings (SSSR count). The molecule has 3 heterocycles. The Morgan fingerprint density at radius 3 is 2.68 bits per heavy atom. The molecular formula is C27H34N8O3. The molecule has 0 amide bonds. The molecule has 1 aliphatic rings. The number of nitrogens with two attached hydrogens (primary N) is 1. The Bertz CT molecular complexity index is 1550. The number of carbonyl (C=O) groups excluding carboxylic acids is 1. The number of nitriles is 1. The minimum Gasteiger partial charge on any atom is -0.361 e. The second kappa shape index (κ2) is 11.1. The summed E-state index contributed by atoms with van der Waals surface area (Å²) in [6.07, 6.45) is 3.82. The molecule has 2 N–H and O–H groups in total. The number of anilines is 2. The number of rotatable bonds is 8. The van der Waals surface area contributed by atoms with E-state index in [0.29, 0.717) is 30.3 Å². The van der Waals surface area contributed by atoms with Crippen LogP contribution in [0.15, 0.2) is 45.5 Å². The Hall–Kier alpha value is -4.17. The van der Waals surface area contributed by atoms with E-state index in [2.05, 4.69) is 11.0 Å². The first-order chi connectivity index (χ1) is 18.1. The number of carbonyl (C=O) groups is 1. The number of hydrogen-bond donors (Lipinski definition) is 1. The van der Waals surface area contributed by atoms with E-state index in [1.165, 1.54) is 4.57 Å². The molecule has 1 unspecified atom stereocenters. The van der Waals surface area contributed by atoms with Crippen LogP contribution in [0.2, 0.25) is 0 Å². The van der Waals surface area contributed by atoms with Crippen molar-refractivity contribution in [2.75, 3.05) is 36.5 Å². The van der Waals surface area contributed by atoms with Crippen molar-refractivity contribution in [1.29, 1.82) is 5.26 Å². The van der Waals surface area contributed by atoms with Crippen LogP contribution in [0.5, 0.6) is 0 Å². The number of imidazole rings is 1. The summed E-state index contributed by atoms with van der Waals surface area (Å²) in [5.41, 5.74) is 7.55. The van der Waals surface area contributed by atoms with Gasteiger partial charge in [-0.25, -0.2) is 4.79 Å². The molecule has 1 aromatic carbocycles. The summed E-state index contributed by atoms with van der Waals surface area (Å²) < 4.78 is 4.11. The maximum Gasteiger partial charge on any atom is 0.332 e. The van der Waals surface area contributed by atoms with E-state index in [1.54, 1.807) is 43.3 Å². The SMILES string of the molecule is CC(C)=CCn1c(N2CCCC(N)C2)nc2c1c(=O)n(CC(=O)c1ccccc1N(C)CC#N)c(=O)n2C. The number of allylic oxidation sites excluding steroid dienone is 2. The number of fused-ring (bicyclic) bond motifs is 1. The summed E-state index contributed by atoms with van der Waals surface area (Å²) in [4.78, 5) is 49.0. The van der Waals surface area contributed by atoms with E-state index in [9.17, 15) is 14.4 Å². The highest BCUT2D eigenvalue weighted by atomic mass is 16.2. The molecule has 1 saturated heterocycles. The second-order valence-corrected chi connectivity index (χ2v) is 10.0. The van der Waals surface area contributed by atoms with Crippen molar-refractivity contribution in [1.82, 2.24) is 18.7 Å². The molecule has 0 radical (unpaired) electrons. The molecule has 1 fully saturated rings. The predicted molar refractivity (Wildman–Crippen MR) is 148 cm³/mol. The van der Waals surface area contributed by atoms with E-state index >= 15 is 0 Å². The summed E-state index contributed by atoms with van der Waals surface area (Å²) in [7, 11) is 3.27. The van der Waals surface area contributed by atoms with Crippen molar-refractivity contribution < 1.29 is 4.79 Å². The highest BCUT2D eigenvalue weighted by Gasteiger charge is 2.27. The van der Waals surface area contributed by atoms with Crippen molar-refractivity contribution in [2.45, 2.75) is 45.8 Å². The van der Waals surface area contributed by atoms with Crippen LogP contribution in [-0.2, 0) is 20.1 Å². The van der Waals surface area contributed by atoms with Gasteiger partial charge in [-0.3, -0.25) is 18.7 Å². The van der Waals surface area contributed by atoms with Crippen LogP contribution in [0.3, 0.4) is 0 Å². The van der Waals surface area contributed by atoms with E-state index in [4.69, 9.17) is 16.0 Å². The maximum absolute atomic E-state index is 13.8. The number of aryl methyl sites for hydroxylation is 1. The first-order valence-corrected chi connectivity index (χ1v) is 12.7. The Labute approximate surface area is 221 Å². The topological polar surface area (TPSA) is 135 Å². The first-order valence-electron chi connectivity index (χ1n) is 12.7. The van der Waals surface area contributed by atoms with Crippen LogP contribution < -0.4 is 26.8 Å². The average molecular weight is 519 g/mol. The molecule has 1 atom stereocenters. The lowest BCUT2D eigenvalue weighted by molar-refractivity contribution is 0.0969. The quantitative estimate of drug-likeness (QED) is 0.270. The van der Waals surface area contributed by atoms with Gasteiger partial charge in [-0.05, 0) is 38.8 Å². The zero-order valence-corrected chi connectivity index (χ0v) is 22.3. The van der Waals surface area contributed by atoms with Gasteiger partial charge in [0, 0.05) is 51.0 Å². The van der Waals surface area contributed by atoms with E-state index in [0.717, 1.165) is 29.5 Å². The zero-order valence-electron chi connectivity index (χ0n) is 22.3. The number of nitrogens with zero attached hydrogens (tertiary/aromatic N) is 7. The van der Waals surface area contributed by atoms with E-state index < -0.39 is 23.6 Å². The fraction of sp³-hybridized carbons (Fsp3) is 0.444. The Morgan fingerprint density at radius 2 is 2.00 bits per heavy atom. The van der Waals surface area contributed by atoms with Gasteiger partial charge in [0.05, 0.1) is 12.6 Å². The van der Waals surface area contributed by atoms with Crippen molar-refractivity contribution in [3.8, 4) is 6.07 Å². The molecule has 38 heavy (non-hydrogen) atoms. The number of ketones is 1. The summed E-state index contributed by atoms with van der Waals surface area (Å²) in [6.45, 7) is 5.35. The fourth-order valence-corrected chi connectivity index (χ4v) is 4.84. The van der Waals surface area contributed by atoms with Gasteiger partial charge in [-0.15, -0.1) is 0 Å². The van der Waals surface area contributed by atoms with Crippen LogP contribution in [0.25, 0.3) is 11.2 Å². The largest absolute Gasteiger partial charge is 0.361 e. The van der Waals surface area contributed by atoms with Crippen molar-refractivity contribution >= 4 is 28.6 Å². The molecule has 11 nitrogen and oxygen atoms in total. The third kappa shape index (κ3) is 5.13. The highest BCUT2D eigenvalue weighted by Crippen LogP contribution is 2.24. The highest BCUT2D eigenvalue weighted by molar-refractivity contribution is 6.01. The predicted octanol–water partition coefficient (Wildman–Crippen LogP) is 1.63. The number of piperidine rings is 1. The lowest BCUT2D eigenvalue weighted by Gasteiger charge is -2.31. The Balaban J connectivity index is 1.85. The zero-order chi connectivity index (χ0) is 27.6. The molecule has 1 aliphatic heterocycles. The monoisotopic (exact) mass is 518 g/mol. The van der Waals surface area contributed by atoms with E-state index in [1.807, 2.05) is 24.5 Å². The Kier molecular flexibility index (Phi) is 7.83. The van der Waals surface area contributed by atoms with Gasteiger partial charge in [0.1, 0.15) is 6.54 Å². The van der Waals surface area contributed by atoms with Gasteiger partial charge in [0.2, 0.25) is 5.95 Å². The smallest absolute Gasteiger partial charge is 0.332 e. The first kappa shape index (κ1) is 26.9. The molecule has 0 aliphatic carbocycles. The van der Waals surface area contributed by atoms with Crippen molar-refractivity contribution in [3.63, 3.8) is 0 Å². The summed E-state index contributed by atoms with van der Waals surface area (Å²) in [5.74, 6) is 0.189. The Morgan fingerprint density at radius 1 is 1.26 bits per heavy atom.